The highest BCUT2D eigenvalue weighted by molar-refractivity contribution is 8.00. The number of amides is 1. The second kappa shape index (κ2) is 11.1. The SMILES string of the molecule is COc1ccc(/C(O)=C2\C(=O)C(=O)N(c3nnc(SCc4cccc5ccccc45)s3)C2c2ccccc2)cc1F. The van der Waals surface area contributed by atoms with Crippen LogP contribution in [0.2, 0.25) is 0 Å². The average molecular weight is 584 g/mol. The molecular weight excluding hydrogens is 561 g/mol. The molecule has 0 aliphatic carbocycles. The molecule has 5 aromatic rings. The van der Waals surface area contributed by atoms with E-state index in [9.17, 15) is 19.1 Å². The van der Waals surface area contributed by atoms with Crippen LogP contribution in [-0.4, -0.2) is 34.1 Å². The first-order valence-electron chi connectivity index (χ1n) is 12.6. The number of thioether (sulfide) groups is 1. The molecule has 1 atom stereocenters. The zero-order valence-electron chi connectivity index (χ0n) is 21.7. The molecule has 1 amide bonds. The van der Waals surface area contributed by atoms with Crippen molar-refractivity contribution >= 4 is 56.5 Å². The number of rotatable bonds is 7. The molecule has 4 aromatic carbocycles. The van der Waals surface area contributed by atoms with Crippen LogP contribution in [-0.2, 0) is 15.3 Å². The van der Waals surface area contributed by atoms with Gasteiger partial charge in [-0.25, -0.2) is 4.39 Å². The fraction of sp³-hybridized carbons (Fsp3) is 0.0968. The number of hydrogen-bond donors (Lipinski definition) is 1. The molecule has 7 nitrogen and oxygen atoms in total. The Balaban J connectivity index is 1.36. The summed E-state index contributed by atoms with van der Waals surface area (Å²) < 4.78 is 20.1. The molecule has 1 aliphatic heterocycles. The lowest BCUT2D eigenvalue weighted by Gasteiger charge is -2.22. The van der Waals surface area contributed by atoms with Crippen molar-refractivity contribution in [2.24, 2.45) is 0 Å². The summed E-state index contributed by atoms with van der Waals surface area (Å²) in [5.74, 6) is -2.32. The van der Waals surface area contributed by atoms with Crippen molar-refractivity contribution < 1.29 is 23.8 Å². The van der Waals surface area contributed by atoms with Crippen LogP contribution in [0.25, 0.3) is 16.5 Å². The summed E-state index contributed by atoms with van der Waals surface area (Å²) in [5.41, 5.74) is 1.61. The van der Waals surface area contributed by atoms with Crippen molar-refractivity contribution in [2.45, 2.75) is 16.1 Å². The van der Waals surface area contributed by atoms with Crippen LogP contribution in [0.1, 0.15) is 22.7 Å². The highest BCUT2D eigenvalue weighted by Crippen LogP contribution is 2.44. The van der Waals surface area contributed by atoms with E-state index in [1.165, 1.54) is 47.2 Å². The minimum atomic E-state index is -0.981. The largest absolute Gasteiger partial charge is 0.507 e. The van der Waals surface area contributed by atoms with Gasteiger partial charge in [0.25, 0.3) is 5.78 Å². The number of ether oxygens (including phenoxy) is 1. The van der Waals surface area contributed by atoms with Crippen molar-refractivity contribution in [2.75, 3.05) is 12.0 Å². The summed E-state index contributed by atoms with van der Waals surface area (Å²) in [6.45, 7) is 0. The standard InChI is InChI=1S/C31H22FN3O4S2/c1-39-24-15-14-20(16-23(24)32)27(36)25-26(19-9-3-2-4-10-19)35(29(38)28(25)37)30-33-34-31(41-30)40-17-21-12-7-11-18-8-5-6-13-22(18)21/h2-16,26,36H,17H2,1H3/b27-25+. The van der Waals surface area contributed by atoms with Gasteiger partial charge in [0.1, 0.15) is 5.76 Å². The first-order chi connectivity index (χ1) is 20.0. The third kappa shape index (κ3) is 4.96. The minimum Gasteiger partial charge on any atom is -0.507 e. The van der Waals surface area contributed by atoms with E-state index in [2.05, 4.69) is 34.5 Å². The number of Topliss-reactive ketones (excluding diaryl/α,β-unsaturated/α-hetero) is 1. The molecule has 204 valence electrons. The van der Waals surface area contributed by atoms with Gasteiger partial charge in [-0.1, -0.05) is 95.9 Å². The fourth-order valence-corrected chi connectivity index (χ4v) is 6.74. The number of carbonyl (C=O) groups is 2. The number of carbonyl (C=O) groups excluding carboxylic acids is 2. The van der Waals surface area contributed by atoms with E-state index in [0.717, 1.165) is 22.4 Å². The Morgan fingerprint density at radius 3 is 2.54 bits per heavy atom. The summed E-state index contributed by atoms with van der Waals surface area (Å²) in [4.78, 5) is 28.0. The Labute approximate surface area is 242 Å². The fourth-order valence-electron chi connectivity index (χ4n) is 4.87. The van der Waals surface area contributed by atoms with Gasteiger partial charge in [0.05, 0.1) is 18.7 Å². The second-order valence-electron chi connectivity index (χ2n) is 9.21. The molecule has 1 unspecified atom stereocenters. The predicted octanol–water partition coefficient (Wildman–Crippen LogP) is 6.76. The molecule has 1 N–H and O–H groups in total. The number of methoxy groups -OCH3 is 1. The van der Waals surface area contributed by atoms with Crippen LogP contribution in [0.15, 0.2) is 101 Å². The molecule has 6 rings (SSSR count). The van der Waals surface area contributed by atoms with E-state index in [-0.39, 0.29) is 22.0 Å². The maximum absolute atomic E-state index is 14.5. The maximum atomic E-state index is 14.5. The smallest absolute Gasteiger partial charge is 0.301 e. The van der Waals surface area contributed by atoms with E-state index in [1.54, 1.807) is 24.3 Å². The molecule has 1 aromatic heterocycles. The number of fused-ring (bicyclic) bond motifs is 1. The van der Waals surface area contributed by atoms with E-state index in [4.69, 9.17) is 4.74 Å². The molecule has 1 aliphatic rings. The van der Waals surface area contributed by atoms with Gasteiger partial charge in [0.2, 0.25) is 5.13 Å². The number of anilines is 1. The Morgan fingerprint density at radius 2 is 1.76 bits per heavy atom. The summed E-state index contributed by atoms with van der Waals surface area (Å²) in [7, 11) is 1.33. The summed E-state index contributed by atoms with van der Waals surface area (Å²) in [5, 5.41) is 22.3. The van der Waals surface area contributed by atoms with Gasteiger partial charge in [0, 0.05) is 11.3 Å². The molecule has 0 saturated carbocycles. The maximum Gasteiger partial charge on any atom is 0.301 e. The monoisotopic (exact) mass is 583 g/mol. The Morgan fingerprint density at radius 1 is 1.00 bits per heavy atom. The van der Waals surface area contributed by atoms with Gasteiger partial charge in [-0.15, -0.1) is 10.2 Å². The van der Waals surface area contributed by atoms with Crippen LogP contribution in [0, 0.1) is 5.82 Å². The quantitative estimate of drug-likeness (QED) is 0.0744. The van der Waals surface area contributed by atoms with Crippen molar-refractivity contribution in [1.82, 2.24) is 10.2 Å². The Hall–Kier alpha value is -4.54. The topological polar surface area (TPSA) is 92.6 Å². The molecule has 2 heterocycles. The van der Waals surface area contributed by atoms with Crippen LogP contribution in [0.3, 0.4) is 0 Å². The average Bonchev–Trinajstić information content (AvgIpc) is 3.57. The van der Waals surface area contributed by atoms with E-state index in [1.807, 2.05) is 24.3 Å². The van der Waals surface area contributed by atoms with Crippen molar-refractivity contribution in [3.8, 4) is 5.75 Å². The summed E-state index contributed by atoms with van der Waals surface area (Å²) in [6, 6.07) is 26.0. The number of aromatic nitrogens is 2. The van der Waals surface area contributed by atoms with E-state index in [0.29, 0.717) is 15.7 Å². The van der Waals surface area contributed by atoms with Crippen LogP contribution >= 0.6 is 23.1 Å². The molecule has 41 heavy (non-hydrogen) atoms. The third-order valence-electron chi connectivity index (χ3n) is 6.82. The van der Waals surface area contributed by atoms with Crippen LogP contribution in [0.4, 0.5) is 9.52 Å². The van der Waals surface area contributed by atoms with Crippen LogP contribution < -0.4 is 9.64 Å². The molecular formula is C31H22FN3O4S2. The molecule has 10 heteroatoms. The normalized spacial score (nSPS) is 16.4. The van der Waals surface area contributed by atoms with Gasteiger partial charge >= 0.3 is 5.91 Å². The lowest BCUT2D eigenvalue weighted by molar-refractivity contribution is -0.132. The van der Waals surface area contributed by atoms with Crippen molar-refractivity contribution in [3.63, 3.8) is 0 Å². The predicted molar refractivity (Wildman–Crippen MR) is 158 cm³/mol. The molecule has 1 saturated heterocycles. The van der Waals surface area contributed by atoms with E-state index < -0.39 is 29.3 Å². The summed E-state index contributed by atoms with van der Waals surface area (Å²) in [6.07, 6.45) is 0. The van der Waals surface area contributed by atoms with Gasteiger partial charge in [-0.3, -0.25) is 14.5 Å². The van der Waals surface area contributed by atoms with Crippen LogP contribution in [0.5, 0.6) is 5.75 Å². The molecule has 0 spiro atoms. The van der Waals surface area contributed by atoms with Crippen molar-refractivity contribution in [3.05, 3.63) is 119 Å². The number of aliphatic hydroxyl groups is 1. The molecule has 0 radical (unpaired) electrons. The number of ketones is 1. The summed E-state index contributed by atoms with van der Waals surface area (Å²) >= 11 is 2.67. The zero-order valence-corrected chi connectivity index (χ0v) is 23.3. The number of nitrogens with zero attached hydrogens (tertiary/aromatic N) is 3. The highest BCUT2D eigenvalue weighted by Gasteiger charge is 2.48. The van der Waals surface area contributed by atoms with Gasteiger partial charge < -0.3 is 9.84 Å². The molecule has 1 fully saturated rings. The van der Waals surface area contributed by atoms with E-state index >= 15 is 0 Å². The Kier molecular flexibility index (Phi) is 7.25. The Bertz CT molecular complexity index is 1820. The number of halogens is 1. The first kappa shape index (κ1) is 26.7. The van der Waals surface area contributed by atoms with Crippen molar-refractivity contribution in [1.29, 1.82) is 0 Å². The lowest BCUT2D eigenvalue weighted by Crippen LogP contribution is -2.29. The minimum absolute atomic E-state index is 0.0102. The molecule has 0 bridgehead atoms. The van der Waals surface area contributed by atoms with Gasteiger partial charge in [-0.05, 0) is 40.1 Å². The van der Waals surface area contributed by atoms with Gasteiger partial charge in [0.15, 0.2) is 15.9 Å². The lowest BCUT2D eigenvalue weighted by atomic mass is 9.95. The van der Waals surface area contributed by atoms with Gasteiger partial charge in [-0.2, -0.15) is 0 Å². The second-order valence-corrected chi connectivity index (χ2v) is 11.4. The zero-order chi connectivity index (χ0) is 28.5. The number of benzene rings is 4. The number of aliphatic hydroxyl groups excluding tert-OH is 1. The first-order valence-corrected chi connectivity index (χ1v) is 14.4. The third-order valence-corrected chi connectivity index (χ3v) is 8.92. The highest BCUT2D eigenvalue weighted by atomic mass is 32.2. The number of hydrogen-bond acceptors (Lipinski definition) is 8.